The Morgan fingerprint density at radius 2 is 2.08 bits per heavy atom. The summed E-state index contributed by atoms with van der Waals surface area (Å²) in [6.45, 7) is 1.50. The Hall–Kier alpha value is -0.790. The second-order valence-corrected chi connectivity index (χ2v) is 9.37. The molecule has 2 aliphatic carbocycles. The highest BCUT2D eigenvalue weighted by Gasteiger charge is 2.41. The number of nitrogens with two attached hydrogens (primary N) is 1. The molecule has 4 rings (SSSR count). The Balaban J connectivity index is 1.44. The molecule has 4 aliphatic rings. The van der Waals surface area contributed by atoms with E-state index in [4.69, 9.17) is 10.5 Å². The zero-order valence-electron chi connectivity index (χ0n) is 15.5. The van der Waals surface area contributed by atoms with E-state index in [-0.39, 0.29) is 24.4 Å². The van der Waals surface area contributed by atoms with Gasteiger partial charge < -0.3 is 15.4 Å². The zero-order chi connectivity index (χ0) is 17.9. The van der Waals surface area contributed by atoms with Crippen LogP contribution in [0.4, 0.5) is 4.79 Å². The third-order valence-electron chi connectivity index (χ3n) is 6.57. The molecule has 3 fully saturated rings. The lowest BCUT2D eigenvalue weighted by Gasteiger charge is -2.37. The minimum Gasteiger partial charge on any atom is -0.358 e. The molecule has 26 heavy (non-hydrogen) atoms. The van der Waals surface area contributed by atoms with Crippen molar-refractivity contribution in [1.29, 1.82) is 0 Å². The number of urea groups is 1. The smallest absolute Gasteiger partial charge is 0.315 e. The molecule has 2 saturated carbocycles. The van der Waals surface area contributed by atoms with E-state index in [2.05, 4.69) is 10.3 Å². The first kappa shape index (κ1) is 18.6. The lowest BCUT2D eigenvalue weighted by Crippen LogP contribution is -2.53. The molecule has 5 unspecified atom stereocenters. The number of nitrogens with one attached hydrogen (secondary N) is 1. The highest BCUT2D eigenvalue weighted by molar-refractivity contribution is 8.12. The molecule has 2 amide bonds. The van der Waals surface area contributed by atoms with Crippen LogP contribution in [0.1, 0.15) is 57.8 Å². The summed E-state index contributed by atoms with van der Waals surface area (Å²) in [5.41, 5.74) is 7.75. The minimum atomic E-state index is -0.298. The number of hydrogen-bond donors (Lipinski definition) is 2. The van der Waals surface area contributed by atoms with E-state index in [1.165, 1.54) is 32.1 Å². The maximum Gasteiger partial charge on any atom is 0.315 e. The van der Waals surface area contributed by atoms with E-state index in [0.717, 1.165) is 32.2 Å². The molecule has 0 aromatic rings. The average molecular weight is 381 g/mol. The fourth-order valence-corrected chi connectivity index (χ4v) is 6.22. The van der Waals surface area contributed by atoms with E-state index >= 15 is 0 Å². The fourth-order valence-electron chi connectivity index (χ4n) is 5.24. The van der Waals surface area contributed by atoms with Gasteiger partial charge >= 0.3 is 6.03 Å². The molecule has 1 saturated heterocycles. The Morgan fingerprint density at radius 1 is 1.23 bits per heavy atom. The first-order chi connectivity index (χ1) is 12.7. The summed E-state index contributed by atoms with van der Waals surface area (Å²) in [6.07, 6.45) is 10.7. The molecular weight excluding hydrogens is 348 g/mol. The van der Waals surface area contributed by atoms with E-state index in [0.29, 0.717) is 23.8 Å². The number of primary amides is 1. The third-order valence-corrected chi connectivity index (χ3v) is 7.69. The van der Waals surface area contributed by atoms with Crippen LogP contribution >= 0.6 is 11.8 Å². The zero-order valence-corrected chi connectivity index (χ0v) is 16.3. The fraction of sp³-hybridized carbons (Fsp3) is 0.895. The van der Waals surface area contributed by atoms with Gasteiger partial charge in [0.2, 0.25) is 0 Å². The number of fused-ring (bicyclic) bond motifs is 3. The average Bonchev–Trinajstić information content (AvgIpc) is 3.01. The van der Waals surface area contributed by atoms with Crippen molar-refractivity contribution < 1.29 is 9.53 Å². The summed E-state index contributed by atoms with van der Waals surface area (Å²) in [5, 5.41) is 4.25. The molecule has 3 N–H and O–H groups in total. The van der Waals surface area contributed by atoms with E-state index in [9.17, 15) is 4.79 Å². The van der Waals surface area contributed by atoms with Gasteiger partial charge in [0.1, 0.15) is 6.23 Å². The Kier molecular flexibility index (Phi) is 6.06. The summed E-state index contributed by atoms with van der Waals surface area (Å²) in [7, 11) is 0. The van der Waals surface area contributed by atoms with Crippen molar-refractivity contribution in [1.82, 2.24) is 10.2 Å². The predicted octanol–water partition coefficient (Wildman–Crippen LogP) is 2.72. The number of aliphatic imine (C=N–C) groups is 1. The number of ether oxygens (including phenoxy) is 1. The Bertz CT molecular complexity index is 518. The molecule has 146 valence electrons. The summed E-state index contributed by atoms with van der Waals surface area (Å²) in [5.74, 6) is 0.546. The van der Waals surface area contributed by atoms with E-state index < -0.39 is 0 Å². The highest BCUT2D eigenvalue weighted by Crippen LogP contribution is 2.38. The molecule has 2 bridgehead atoms. The van der Waals surface area contributed by atoms with Crippen LogP contribution in [0.5, 0.6) is 0 Å². The van der Waals surface area contributed by atoms with E-state index in [1.807, 2.05) is 22.2 Å². The van der Waals surface area contributed by atoms with Crippen molar-refractivity contribution in [3.8, 4) is 0 Å². The van der Waals surface area contributed by atoms with Gasteiger partial charge in [0.25, 0.3) is 0 Å². The van der Waals surface area contributed by atoms with Crippen LogP contribution in [0.2, 0.25) is 0 Å². The van der Waals surface area contributed by atoms with Gasteiger partial charge in [-0.15, -0.1) is 11.8 Å². The van der Waals surface area contributed by atoms with Crippen molar-refractivity contribution in [2.24, 2.45) is 16.6 Å². The van der Waals surface area contributed by atoms with Crippen LogP contribution in [0.3, 0.4) is 0 Å². The maximum atomic E-state index is 12.1. The van der Waals surface area contributed by atoms with Crippen molar-refractivity contribution in [2.45, 2.75) is 87.5 Å². The molecule has 0 spiro atoms. The molecule has 6 nitrogen and oxygen atoms in total. The van der Waals surface area contributed by atoms with Gasteiger partial charge in [0.15, 0.2) is 0 Å². The summed E-state index contributed by atoms with van der Waals surface area (Å²) >= 11 is 1.87. The second-order valence-electron chi connectivity index (χ2n) is 8.28. The molecule has 7 heteroatoms. The number of amides is 2. The van der Waals surface area contributed by atoms with Crippen LogP contribution in [0, 0.1) is 5.92 Å². The SMILES string of the molecule is NC(=O)N(CC1NC2CCCC(O1)C(C1CN=CS1)C2)C1CCCCC1. The number of rotatable bonds is 4. The van der Waals surface area contributed by atoms with Gasteiger partial charge in [0, 0.05) is 23.3 Å². The van der Waals surface area contributed by atoms with Crippen molar-refractivity contribution >= 4 is 23.3 Å². The van der Waals surface area contributed by atoms with Gasteiger partial charge in [-0.1, -0.05) is 19.3 Å². The van der Waals surface area contributed by atoms with Crippen molar-refractivity contribution in [2.75, 3.05) is 13.1 Å². The largest absolute Gasteiger partial charge is 0.358 e. The molecule has 2 heterocycles. The first-order valence-corrected chi connectivity index (χ1v) is 11.3. The molecule has 2 aliphatic heterocycles. The quantitative estimate of drug-likeness (QED) is 0.786. The summed E-state index contributed by atoms with van der Waals surface area (Å²) < 4.78 is 6.55. The van der Waals surface area contributed by atoms with Gasteiger partial charge in [-0.25, -0.2) is 4.79 Å². The number of carbonyl (C=O) groups is 1. The molecule has 0 aromatic heterocycles. The lowest BCUT2D eigenvalue weighted by molar-refractivity contribution is -0.0645. The normalized spacial score (nSPS) is 38.1. The van der Waals surface area contributed by atoms with Gasteiger partial charge in [-0.05, 0) is 38.5 Å². The van der Waals surface area contributed by atoms with Crippen LogP contribution in [-0.4, -0.2) is 59.2 Å². The number of thioether (sulfide) groups is 1. The van der Waals surface area contributed by atoms with Gasteiger partial charge in [-0.3, -0.25) is 10.3 Å². The van der Waals surface area contributed by atoms with Crippen molar-refractivity contribution in [3.05, 3.63) is 0 Å². The van der Waals surface area contributed by atoms with Gasteiger partial charge in [-0.2, -0.15) is 0 Å². The number of nitrogens with zero attached hydrogens (tertiary/aromatic N) is 2. The monoisotopic (exact) mass is 380 g/mol. The Labute approximate surface area is 160 Å². The number of hydrogen-bond acceptors (Lipinski definition) is 5. The van der Waals surface area contributed by atoms with Crippen LogP contribution in [0.15, 0.2) is 4.99 Å². The lowest BCUT2D eigenvalue weighted by atomic mass is 9.92. The van der Waals surface area contributed by atoms with Crippen molar-refractivity contribution in [3.63, 3.8) is 0 Å². The maximum absolute atomic E-state index is 12.1. The number of carbonyl (C=O) groups excluding carboxylic acids is 1. The van der Waals surface area contributed by atoms with Crippen LogP contribution < -0.4 is 11.1 Å². The van der Waals surface area contributed by atoms with E-state index in [1.54, 1.807) is 0 Å². The third kappa shape index (κ3) is 4.20. The Morgan fingerprint density at radius 3 is 2.81 bits per heavy atom. The molecule has 0 radical (unpaired) electrons. The first-order valence-electron chi connectivity index (χ1n) is 10.3. The molecule has 0 aromatic carbocycles. The van der Waals surface area contributed by atoms with Crippen LogP contribution in [-0.2, 0) is 4.74 Å². The minimum absolute atomic E-state index is 0.1000. The predicted molar refractivity (Wildman–Crippen MR) is 105 cm³/mol. The molecular formula is C19H32N4O2S. The standard InChI is InChI=1S/C19H32N4O2S/c20-19(24)23(14-6-2-1-3-7-14)11-18-22-13-5-4-8-16(25-18)15(9-13)17-10-21-12-26-17/h12-18,22H,1-11H2,(H2,20,24). The van der Waals surface area contributed by atoms with Gasteiger partial charge in [0.05, 0.1) is 24.7 Å². The highest BCUT2D eigenvalue weighted by atomic mass is 32.2. The second kappa shape index (κ2) is 8.48. The summed E-state index contributed by atoms with van der Waals surface area (Å²) in [4.78, 5) is 18.4. The molecule has 5 atom stereocenters. The van der Waals surface area contributed by atoms with Crippen LogP contribution in [0.25, 0.3) is 0 Å². The summed E-state index contributed by atoms with van der Waals surface area (Å²) in [6, 6.07) is 0.456. The topological polar surface area (TPSA) is 80.0 Å².